The van der Waals surface area contributed by atoms with Crippen LogP contribution in [0.3, 0.4) is 0 Å². The third-order valence-corrected chi connectivity index (χ3v) is 5.60. The molecule has 2 atom stereocenters. The maximum absolute atomic E-state index is 13.7. The summed E-state index contributed by atoms with van der Waals surface area (Å²) in [6.45, 7) is 6.11. The van der Waals surface area contributed by atoms with E-state index in [1.165, 1.54) is 0 Å². The molecule has 1 N–H and O–H groups in total. The van der Waals surface area contributed by atoms with E-state index in [-0.39, 0.29) is 6.04 Å². The SMILES string of the molecule is CCCNC(CC)C(C)S(=O)(=O)c1ccc(F)cc1F. The molecular weight excluding hydrogens is 284 g/mol. The molecule has 0 aliphatic rings. The molecule has 0 amide bonds. The van der Waals surface area contributed by atoms with Crippen LogP contribution >= 0.6 is 0 Å². The van der Waals surface area contributed by atoms with Crippen LogP contribution < -0.4 is 5.32 Å². The molecule has 0 aliphatic carbocycles. The lowest BCUT2D eigenvalue weighted by Crippen LogP contribution is -2.42. The van der Waals surface area contributed by atoms with Gasteiger partial charge < -0.3 is 5.32 Å². The number of benzene rings is 1. The van der Waals surface area contributed by atoms with E-state index in [1.807, 2.05) is 13.8 Å². The molecular formula is C14H21F2NO2S. The van der Waals surface area contributed by atoms with Crippen LogP contribution in [0.15, 0.2) is 23.1 Å². The van der Waals surface area contributed by atoms with Gasteiger partial charge in [-0.3, -0.25) is 0 Å². The van der Waals surface area contributed by atoms with Gasteiger partial charge in [0.25, 0.3) is 0 Å². The van der Waals surface area contributed by atoms with Gasteiger partial charge in [-0.25, -0.2) is 17.2 Å². The summed E-state index contributed by atoms with van der Waals surface area (Å²) in [5.74, 6) is -1.83. The molecule has 0 fully saturated rings. The molecule has 0 aliphatic heterocycles. The van der Waals surface area contributed by atoms with Crippen molar-refractivity contribution < 1.29 is 17.2 Å². The Hall–Kier alpha value is -1.01. The highest BCUT2D eigenvalue weighted by atomic mass is 32.2. The molecule has 0 heterocycles. The Balaban J connectivity index is 3.07. The molecule has 0 radical (unpaired) electrons. The van der Waals surface area contributed by atoms with Crippen molar-refractivity contribution in [3.63, 3.8) is 0 Å². The van der Waals surface area contributed by atoms with Gasteiger partial charge in [-0.2, -0.15) is 0 Å². The first kappa shape index (κ1) is 17.0. The summed E-state index contributed by atoms with van der Waals surface area (Å²) < 4.78 is 51.4. The van der Waals surface area contributed by atoms with E-state index in [4.69, 9.17) is 0 Å². The predicted molar refractivity (Wildman–Crippen MR) is 75.4 cm³/mol. The summed E-state index contributed by atoms with van der Waals surface area (Å²) in [5.41, 5.74) is 0. The van der Waals surface area contributed by atoms with Gasteiger partial charge in [0.15, 0.2) is 9.84 Å². The normalized spacial score (nSPS) is 15.1. The summed E-state index contributed by atoms with van der Waals surface area (Å²) in [6, 6.07) is 2.29. The zero-order valence-electron chi connectivity index (χ0n) is 12.0. The van der Waals surface area contributed by atoms with E-state index in [9.17, 15) is 17.2 Å². The van der Waals surface area contributed by atoms with Crippen LogP contribution in [0, 0.1) is 11.6 Å². The van der Waals surface area contributed by atoms with Crippen molar-refractivity contribution in [2.24, 2.45) is 0 Å². The minimum absolute atomic E-state index is 0.260. The Kier molecular flexibility index (Phi) is 6.07. The lowest BCUT2D eigenvalue weighted by atomic mass is 10.1. The molecule has 3 nitrogen and oxygen atoms in total. The first-order valence-corrected chi connectivity index (χ1v) is 8.31. The lowest BCUT2D eigenvalue weighted by molar-refractivity contribution is 0.468. The maximum atomic E-state index is 13.7. The summed E-state index contributed by atoms with van der Waals surface area (Å²) in [4.78, 5) is -0.442. The van der Waals surface area contributed by atoms with Gasteiger partial charge in [0.2, 0.25) is 0 Å². The van der Waals surface area contributed by atoms with Crippen molar-refractivity contribution in [2.75, 3.05) is 6.54 Å². The van der Waals surface area contributed by atoms with E-state index >= 15 is 0 Å². The molecule has 0 aromatic heterocycles. The zero-order chi connectivity index (χ0) is 15.3. The fourth-order valence-corrected chi connectivity index (χ4v) is 3.80. The molecule has 20 heavy (non-hydrogen) atoms. The second kappa shape index (κ2) is 7.13. The number of hydrogen-bond donors (Lipinski definition) is 1. The zero-order valence-corrected chi connectivity index (χ0v) is 12.8. The highest BCUT2D eigenvalue weighted by Gasteiger charge is 2.31. The standard InChI is InChI=1S/C14H21F2NO2S/c1-4-8-17-13(5-2)10(3)20(18,19)14-7-6-11(15)9-12(14)16/h6-7,9-10,13,17H,4-5,8H2,1-3H3. The summed E-state index contributed by atoms with van der Waals surface area (Å²) >= 11 is 0. The second-order valence-electron chi connectivity index (χ2n) is 4.79. The van der Waals surface area contributed by atoms with Crippen LogP contribution in [0.2, 0.25) is 0 Å². The van der Waals surface area contributed by atoms with Crippen LogP contribution in [0.5, 0.6) is 0 Å². The minimum Gasteiger partial charge on any atom is -0.313 e. The van der Waals surface area contributed by atoms with Gasteiger partial charge in [-0.15, -0.1) is 0 Å². The van der Waals surface area contributed by atoms with Crippen LogP contribution in [0.4, 0.5) is 8.78 Å². The maximum Gasteiger partial charge on any atom is 0.185 e. The lowest BCUT2D eigenvalue weighted by Gasteiger charge is -2.24. The van der Waals surface area contributed by atoms with Crippen LogP contribution in [0.25, 0.3) is 0 Å². The smallest absolute Gasteiger partial charge is 0.185 e. The van der Waals surface area contributed by atoms with E-state index < -0.39 is 31.6 Å². The minimum atomic E-state index is -3.83. The predicted octanol–water partition coefficient (Wildman–Crippen LogP) is 2.91. The third-order valence-electron chi connectivity index (χ3n) is 3.35. The van der Waals surface area contributed by atoms with Crippen LogP contribution in [-0.4, -0.2) is 26.3 Å². The van der Waals surface area contributed by atoms with Crippen molar-refractivity contribution in [2.45, 2.75) is 49.8 Å². The fourth-order valence-electron chi connectivity index (χ4n) is 2.09. The molecule has 2 unspecified atom stereocenters. The van der Waals surface area contributed by atoms with E-state index in [1.54, 1.807) is 6.92 Å². The Morgan fingerprint density at radius 3 is 2.40 bits per heavy atom. The monoisotopic (exact) mass is 305 g/mol. The number of hydrogen-bond acceptors (Lipinski definition) is 3. The van der Waals surface area contributed by atoms with Gasteiger partial charge in [-0.05, 0) is 38.4 Å². The van der Waals surface area contributed by atoms with Gasteiger partial charge in [0.1, 0.15) is 16.5 Å². The van der Waals surface area contributed by atoms with Crippen molar-refractivity contribution in [1.82, 2.24) is 5.32 Å². The van der Waals surface area contributed by atoms with Crippen molar-refractivity contribution >= 4 is 9.84 Å². The second-order valence-corrected chi connectivity index (χ2v) is 7.07. The van der Waals surface area contributed by atoms with Crippen molar-refractivity contribution in [1.29, 1.82) is 0 Å². The van der Waals surface area contributed by atoms with E-state index in [2.05, 4.69) is 5.32 Å². The molecule has 1 rings (SSSR count). The average Bonchev–Trinajstić information content (AvgIpc) is 2.38. The number of nitrogens with one attached hydrogen (secondary N) is 1. The number of rotatable bonds is 7. The topological polar surface area (TPSA) is 46.2 Å². The van der Waals surface area contributed by atoms with Gasteiger partial charge in [-0.1, -0.05) is 13.8 Å². The van der Waals surface area contributed by atoms with Crippen molar-refractivity contribution in [3.05, 3.63) is 29.8 Å². The quantitative estimate of drug-likeness (QED) is 0.788. The third kappa shape index (κ3) is 3.76. The molecule has 114 valence electrons. The Morgan fingerprint density at radius 2 is 1.90 bits per heavy atom. The van der Waals surface area contributed by atoms with Gasteiger partial charge in [0, 0.05) is 12.1 Å². The van der Waals surface area contributed by atoms with E-state index in [0.29, 0.717) is 19.0 Å². The Labute approximate surface area is 119 Å². The van der Waals surface area contributed by atoms with Crippen LogP contribution in [0.1, 0.15) is 33.6 Å². The molecule has 0 saturated heterocycles. The first-order chi connectivity index (χ1) is 9.34. The Bertz CT molecular complexity index is 546. The molecule has 1 aromatic rings. The summed E-state index contributed by atoms with van der Waals surface area (Å²) in [6.07, 6.45) is 1.50. The summed E-state index contributed by atoms with van der Waals surface area (Å²) in [7, 11) is -3.83. The van der Waals surface area contributed by atoms with E-state index in [0.717, 1.165) is 18.6 Å². The molecule has 0 bridgehead atoms. The van der Waals surface area contributed by atoms with Crippen LogP contribution in [-0.2, 0) is 9.84 Å². The largest absolute Gasteiger partial charge is 0.313 e. The fraction of sp³-hybridized carbons (Fsp3) is 0.571. The van der Waals surface area contributed by atoms with Gasteiger partial charge >= 0.3 is 0 Å². The van der Waals surface area contributed by atoms with Gasteiger partial charge in [0.05, 0.1) is 5.25 Å². The Morgan fingerprint density at radius 1 is 1.25 bits per heavy atom. The molecule has 0 spiro atoms. The highest BCUT2D eigenvalue weighted by molar-refractivity contribution is 7.92. The average molecular weight is 305 g/mol. The molecule has 0 saturated carbocycles. The van der Waals surface area contributed by atoms with Crippen molar-refractivity contribution in [3.8, 4) is 0 Å². The number of halogens is 2. The molecule has 1 aromatic carbocycles. The summed E-state index contributed by atoms with van der Waals surface area (Å²) in [5, 5.41) is 2.37. The highest BCUT2D eigenvalue weighted by Crippen LogP contribution is 2.23. The number of sulfone groups is 1. The molecule has 6 heteroatoms. The first-order valence-electron chi connectivity index (χ1n) is 6.76.